The molecule has 346 valence electrons. The summed E-state index contributed by atoms with van der Waals surface area (Å²) in [5.74, 6) is -1.69. The highest BCUT2D eigenvalue weighted by Crippen LogP contribution is 2.48. The van der Waals surface area contributed by atoms with Crippen molar-refractivity contribution in [1.82, 2.24) is 15.2 Å². The molecule has 5 amide bonds. The number of sulfonamides is 2. The Morgan fingerprint density at radius 2 is 1.55 bits per heavy atom. The average Bonchev–Trinajstić information content (AvgIpc) is 3.66. The normalized spacial score (nSPS) is 19.7. The largest absolute Gasteiger partial charge is 0.494 e. The standard InChI is InChI=1S/C43H55N7O12S2/c1-3-4-5-6-7-8-9-10-11-12-25-48-41(53)43(48)24-14-17-35(29-43)64(59,60)46-30-15-13-16-34(26-30)63(57,58)47-31-18-23-36(37(27-31)61-2)44-45-42(54)49-39(51)28-38(40(49)52)62-33-21-19-32(20-22-33)50(55)56/h13,15-16,18-23,26-27,35,38,44,46-47H,3-12,14,17,24-25,28-29H2,1-2H3,(H,45,54). The van der Waals surface area contributed by atoms with Crippen LogP contribution in [0.2, 0.25) is 0 Å². The number of ether oxygens (including phenoxy) is 2. The molecule has 1 spiro atoms. The fourth-order valence-corrected chi connectivity index (χ4v) is 11.0. The molecule has 0 bridgehead atoms. The second-order valence-corrected chi connectivity index (χ2v) is 19.9. The Labute approximate surface area is 372 Å². The van der Waals surface area contributed by atoms with Gasteiger partial charge in [0.15, 0.2) is 6.10 Å². The van der Waals surface area contributed by atoms with Crippen LogP contribution in [0.1, 0.15) is 103 Å². The monoisotopic (exact) mass is 925 g/mol. The topological polar surface area (TPSA) is 253 Å². The highest BCUT2D eigenvalue weighted by atomic mass is 32.2. The van der Waals surface area contributed by atoms with E-state index in [0.717, 1.165) is 31.4 Å². The van der Waals surface area contributed by atoms with Crippen molar-refractivity contribution < 1.29 is 50.4 Å². The predicted octanol–water partition coefficient (Wildman–Crippen LogP) is 6.83. The van der Waals surface area contributed by atoms with Crippen LogP contribution in [0.25, 0.3) is 0 Å². The number of hydrogen-bond acceptors (Lipinski definition) is 13. The van der Waals surface area contributed by atoms with E-state index in [2.05, 4.69) is 27.2 Å². The molecule has 3 aromatic rings. The molecule has 3 aliphatic rings. The summed E-state index contributed by atoms with van der Waals surface area (Å²) in [5, 5.41) is 10.1. The molecule has 2 heterocycles. The minimum atomic E-state index is -4.29. The summed E-state index contributed by atoms with van der Waals surface area (Å²) < 4.78 is 70.3. The van der Waals surface area contributed by atoms with Crippen LogP contribution in [-0.2, 0) is 34.4 Å². The number of benzene rings is 3. The number of nitro groups is 1. The van der Waals surface area contributed by atoms with Gasteiger partial charge in [-0.25, -0.2) is 21.6 Å². The molecular weight excluding hydrogens is 871 g/mol. The van der Waals surface area contributed by atoms with Gasteiger partial charge in [-0.2, -0.15) is 4.90 Å². The number of hydrazine groups is 1. The fourth-order valence-electron chi connectivity index (χ4n) is 8.27. The number of urea groups is 1. The van der Waals surface area contributed by atoms with Crippen LogP contribution >= 0.6 is 0 Å². The van der Waals surface area contributed by atoms with Crippen molar-refractivity contribution in [3.63, 3.8) is 0 Å². The Morgan fingerprint density at radius 1 is 0.875 bits per heavy atom. The van der Waals surface area contributed by atoms with Crippen molar-refractivity contribution in [2.45, 2.75) is 125 Å². The van der Waals surface area contributed by atoms with E-state index in [9.17, 15) is 46.1 Å². The lowest BCUT2D eigenvalue weighted by Gasteiger charge is -2.28. The molecule has 4 N–H and O–H groups in total. The number of non-ortho nitro benzene ring substituents is 1. The smallest absolute Gasteiger partial charge is 0.349 e. The van der Waals surface area contributed by atoms with E-state index in [0.29, 0.717) is 30.7 Å². The summed E-state index contributed by atoms with van der Waals surface area (Å²) in [4.78, 5) is 63.7. The lowest BCUT2D eigenvalue weighted by Crippen LogP contribution is -2.46. The van der Waals surface area contributed by atoms with Crippen LogP contribution in [0.3, 0.4) is 0 Å². The molecule has 3 aromatic carbocycles. The van der Waals surface area contributed by atoms with E-state index < -0.39 is 66.1 Å². The summed E-state index contributed by atoms with van der Waals surface area (Å²) in [7, 11) is -7.00. The second kappa shape index (κ2) is 20.7. The molecule has 64 heavy (non-hydrogen) atoms. The van der Waals surface area contributed by atoms with Crippen molar-refractivity contribution >= 4 is 66.5 Å². The first-order valence-electron chi connectivity index (χ1n) is 21.6. The first-order chi connectivity index (χ1) is 30.6. The number of nitro benzene ring substituents is 1. The number of unbranched alkanes of at least 4 members (excludes halogenated alkanes) is 9. The Kier molecular flexibility index (Phi) is 15.4. The number of carbonyl (C=O) groups excluding carboxylic acids is 4. The van der Waals surface area contributed by atoms with Crippen molar-refractivity contribution in [1.29, 1.82) is 0 Å². The Bertz CT molecular complexity index is 2430. The number of nitrogens with one attached hydrogen (secondary N) is 4. The van der Waals surface area contributed by atoms with Gasteiger partial charge >= 0.3 is 6.03 Å². The fraction of sp³-hybridized carbons (Fsp3) is 0.488. The SMILES string of the molecule is CCCCCCCCCCCCN1C(=O)C12CCCC(S(=O)(=O)Nc1cccc(S(=O)(=O)Nc3ccc(NNC(=O)N4C(=O)CC(Oc5ccc([N+](=O)[O-])cc5)C4=O)c(OC)c3)c1)C2. The van der Waals surface area contributed by atoms with Crippen LogP contribution in [-0.4, -0.2) is 85.9 Å². The summed E-state index contributed by atoms with van der Waals surface area (Å²) in [6.45, 7) is 2.84. The second-order valence-electron chi connectivity index (χ2n) is 16.3. The van der Waals surface area contributed by atoms with E-state index in [4.69, 9.17) is 9.47 Å². The van der Waals surface area contributed by atoms with E-state index in [1.807, 2.05) is 4.90 Å². The lowest BCUT2D eigenvalue weighted by atomic mass is 9.88. The highest BCUT2D eigenvalue weighted by Gasteiger charge is 2.64. The Hall–Kier alpha value is -5.96. The minimum absolute atomic E-state index is 0.00599. The third kappa shape index (κ3) is 11.4. The van der Waals surface area contributed by atoms with Gasteiger partial charge in [-0.15, -0.1) is 0 Å². The molecule has 3 unspecified atom stereocenters. The van der Waals surface area contributed by atoms with Gasteiger partial charge < -0.3 is 14.4 Å². The van der Waals surface area contributed by atoms with Crippen molar-refractivity contribution in [3.05, 3.63) is 76.8 Å². The van der Waals surface area contributed by atoms with E-state index in [-0.39, 0.29) is 51.5 Å². The summed E-state index contributed by atoms with van der Waals surface area (Å²) in [6.07, 6.45) is 11.8. The number of carbonyl (C=O) groups is 4. The maximum atomic E-state index is 13.7. The quantitative estimate of drug-likeness (QED) is 0.0250. The van der Waals surface area contributed by atoms with Gasteiger partial charge in [-0.3, -0.25) is 44.8 Å². The van der Waals surface area contributed by atoms with Gasteiger partial charge in [0, 0.05) is 30.4 Å². The van der Waals surface area contributed by atoms with Crippen molar-refractivity contribution in [2.24, 2.45) is 0 Å². The summed E-state index contributed by atoms with van der Waals surface area (Å²) in [5.41, 5.74) is 4.01. The molecule has 21 heteroatoms. The van der Waals surface area contributed by atoms with Gasteiger partial charge in [0.1, 0.15) is 17.0 Å². The molecule has 3 fully saturated rings. The van der Waals surface area contributed by atoms with Gasteiger partial charge in [0.25, 0.3) is 21.6 Å². The van der Waals surface area contributed by atoms with Gasteiger partial charge in [-0.1, -0.05) is 70.8 Å². The average molecular weight is 926 g/mol. The van der Waals surface area contributed by atoms with Crippen molar-refractivity contribution in [2.75, 3.05) is 28.5 Å². The predicted molar refractivity (Wildman–Crippen MR) is 237 cm³/mol. The number of rotatable bonds is 23. The third-order valence-electron chi connectivity index (χ3n) is 11.8. The van der Waals surface area contributed by atoms with Crippen LogP contribution in [0.5, 0.6) is 11.5 Å². The van der Waals surface area contributed by atoms with E-state index >= 15 is 0 Å². The number of imide groups is 3. The van der Waals surface area contributed by atoms with Crippen LogP contribution < -0.4 is 29.8 Å². The Balaban J connectivity index is 0.995. The molecule has 2 aliphatic heterocycles. The highest BCUT2D eigenvalue weighted by molar-refractivity contribution is 7.93. The number of hydrogen-bond donors (Lipinski definition) is 4. The summed E-state index contributed by atoms with van der Waals surface area (Å²) in [6, 6.07) is 13.1. The maximum absolute atomic E-state index is 13.7. The zero-order chi connectivity index (χ0) is 46.1. The molecular formula is C43H55N7O12S2. The summed E-state index contributed by atoms with van der Waals surface area (Å²) >= 11 is 0. The number of amides is 5. The zero-order valence-corrected chi connectivity index (χ0v) is 37.5. The van der Waals surface area contributed by atoms with Gasteiger partial charge in [-0.05, 0) is 74.6 Å². The number of nitrogens with zero attached hydrogens (tertiary/aromatic N) is 3. The minimum Gasteiger partial charge on any atom is -0.494 e. The van der Waals surface area contributed by atoms with Crippen LogP contribution in [0.15, 0.2) is 71.6 Å². The van der Waals surface area contributed by atoms with Crippen molar-refractivity contribution in [3.8, 4) is 11.5 Å². The Morgan fingerprint density at radius 3 is 2.22 bits per heavy atom. The zero-order valence-electron chi connectivity index (χ0n) is 35.9. The third-order valence-corrected chi connectivity index (χ3v) is 14.9. The number of anilines is 3. The molecule has 6 rings (SSSR count). The van der Waals surface area contributed by atoms with Gasteiger partial charge in [0.05, 0.1) is 40.0 Å². The van der Waals surface area contributed by atoms with E-state index in [1.54, 1.807) is 0 Å². The van der Waals surface area contributed by atoms with Crippen LogP contribution in [0.4, 0.5) is 27.5 Å². The maximum Gasteiger partial charge on any atom is 0.349 e. The lowest BCUT2D eigenvalue weighted by molar-refractivity contribution is -0.384. The number of methoxy groups -OCH3 is 1. The number of likely N-dealkylation sites (tertiary alicyclic amines) is 1. The first kappa shape index (κ1) is 47.5. The van der Waals surface area contributed by atoms with Gasteiger partial charge in [0.2, 0.25) is 21.8 Å². The molecule has 19 nitrogen and oxygen atoms in total. The molecule has 1 saturated carbocycles. The first-order valence-corrected chi connectivity index (χ1v) is 24.6. The molecule has 0 radical (unpaired) electrons. The molecule has 3 atom stereocenters. The molecule has 2 saturated heterocycles. The van der Waals surface area contributed by atoms with Crippen LogP contribution in [0, 0.1) is 10.1 Å². The van der Waals surface area contributed by atoms with E-state index in [1.165, 1.54) is 107 Å². The molecule has 1 aliphatic carbocycles. The molecule has 0 aromatic heterocycles.